The lowest BCUT2D eigenvalue weighted by molar-refractivity contribution is 0.669. The Balaban J connectivity index is 1.40. The number of para-hydroxylation sites is 1. The Labute approximate surface area is 252 Å². The van der Waals surface area contributed by atoms with Gasteiger partial charge in [-0.3, -0.25) is 0 Å². The molecule has 0 aliphatic rings. The number of aromatic nitrogens is 3. The van der Waals surface area contributed by atoms with Crippen molar-refractivity contribution in [3.8, 4) is 45.3 Å². The molecule has 8 rings (SSSR count). The van der Waals surface area contributed by atoms with E-state index in [9.17, 15) is 0 Å². The Kier molecular flexibility index (Phi) is 3.42. The third kappa shape index (κ3) is 4.23. The molecule has 41 heavy (non-hydrogen) atoms. The highest BCUT2D eigenvalue weighted by Gasteiger charge is 2.14. The van der Waals surface area contributed by atoms with Crippen molar-refractivity contribution in [2.45, 2.75) is 0 Å². The highest BCUT2D eigenvalue weighted by atomic mass is 16.3. The number of benzene rings is 6. The van der Waals surface area contributed by atoms with Crippen LogP contribution in [-0.4, -0.2) is 15.0 Å². The summed E-state index contributed by atoms with van der Waals surface area (Å²) in [5.74, 6) is -0.518. The summed E-state index contributed by atoms with van der Waals surface area (Å²) in [7, 11) is 0. The standard InChI is InChI=1S/C37H23N3O/c1-2-9-26(10-3-1)35-38-36(27-17-14-25(15-18-27)29-19-16-24-8-4-5-11-28(24)22-29)40-37(39-35)30-20-21-32-31-12-6-7-13-33(31)41-34(32)23-30/h1-23H/i6D,7D,12D,13D,14D,15D,17D,18D,20D,21D,23D. The van der Waals surface area contributed by atoms with Crippen LogP contribution in [0, 0.1) is 0 Å². The molecular weight excluding hydrogens is 502 g/mol. The molecule has 0 fully saturated rings. The third-order valence-corrected chi connectivity index (χ3v) is 6.66. The zero-order valence-corrected chi connectivity index (χ0v) is 21.2. The molecule has 2 heterocycles. The Morgan fingerprint density at radius 1 is 0.463 bits per heavy atom. The molecule has 0 saturated carbocycles. The van der Waals surface area contributed by atoms with Crippen LogP contribution in [0.25, 0.3) is 78.0 Å². The van der Waals surface area contributed by atoms with Gasteiger partial charge >= 0.3 is 0 Å². The Morgan fingerprint density at radius 3 is 1.93 bits per heavy atom. The van der Waals surface area contributed by atoms with Gasteiger partial charge in [0.15, 0.2) is 17.5 Å². The van der Waals surface area contributed by atoms with E-state index in [1.807, 2.05) is 30.3 Å². The molecular formula is C37H23N3O. The fourth-order valence-corrected chi connectivity index (χ4v) is 4.64. The van der Waals surface area contributed by atoms with Crippen LogP contribution in [0.4, 0.5) is 0 Å². The number of rotatable bonds is 4. The summed E-state index contributed by atoms with van der Waals surface area (Å²) < 4.78 is 102. The summed E-state index contributed by atoms with van der Waals surface area (Å²) in [5, 5.41) is 1.55. The molecule has 8 aromatic rings. The molecule has 0 spiro atoms. The lowest BCUT2D eigenvalue weighted by atomic mass is 10.00. The number of hydrogen-bond acceptors (Lipinski definition) is 4. The number of hydrogen-bond donors (Lipinski definition) is 0. The van der Waals surface area contributed by atoms with E-state index in [1.54, 1.807) is 42.5 Å². The van der Waals surface area contributed by atoms with E-state index < -0.39 is 54.4 Å². The fourth-order valence-electron chi connectivity index (χ4n) is 4.64. The van der Waals surface area contributed by atoms with Gasteiger partial charge in [0.05, 0.1) is 15.1 Å². The molecule has 192 valence electrons. The van der Waals surface area contributed by atoms with E-state index in [2.05, 4.69) is 15.0 Å². The van der Waals surface area contributed by atoms with Crippen molar-refractivity contribution in [1.29, 1.82) is 0 Å². The largest absolute Gasteiger partial charge is 0.456 e. The Bertz CT molecular complexity index is 2790. The zero-order chi connectivity index (χ0) is 36.7. The topological polar surface area (TPSA) is 51.8 Å². The minimum absolute atomic E-state index is 0.0330. The lowest BCUT2D eigenvalue weighted by Gasteiger charge is -2.09. The highest BCUT2D eigenvalue weighted by Crippen LogP contribution is 2.33. The van der Waals surface area contributed by atoms with Crippen LogP contribution in [0.3, 0.4) is 0 Å². The van der Waals surface area contributed by atoms with E-state index in [0.29, 0.717) is 11.1 Å². The number of fused-ring (bicyclic) bond motifs is 4. The normalized spacial score (nSPS) is 15.2. The van der Waals surface area contributed by atoms with Crippen molar-refractivity contribution in [2.75, 3.05) is 0 Å². The van der Waals surface area contributed by atoms with Crippen LogP contribution < -0.4 is 0 Å². The van der Waals surface area contributed by atoms with Gasteiger partial charge in [-0.05, 0) is 46.1 Å². The van der Waals surface area contributed by atoms with Gasteiger partial charge < -0.3 is 4.42 Å². The van der Waals surface area contributed by atoms with E-state index in [4.69, 9.17) is 19.5 Å². The second-order valence-electron chi connectivity index (χ2n) is 9.24. The maximum atomic E-state index is 9.13. The highest BCUT2D eigenvalue weighted by molar-refractivity contribution is 6.05. The first kappa shape index (κ1) is 14.7. The van der Waals surface area contributed by atoms with Crippen LogP contribution in [0.15, 0.2) is 144 Å². The summed E-state index contributed by atoms with van der Waals surface area (Å²) in [5.41, 5.74) is 0.000377. The molecule has 0 aliphatic heterocycles. The van der Waals surface area contributed by atoms with Crippen molar-refractivity contribution in [3.05, 3.63) is 139 Å². The first-order valence-electron chi connectivity index (χ1n) is 18.2. The van der Waals surface area contributed by atoms with Crippen LogP contribution in [0.1, 0.15) is 15.1 Å². The van der Waals surface area contributed by atoms with Gasteiger partial charge in [-0.25, -0.2) is 15.0 Å². The molecule has 4 nitrogen and oxygen atoms in total. The fraction of sp³-hybridized carbons (Fsp3) is 0. The average molecular weight is 537 g/mol. The Morgan fingerprint density at radius 2 is 1.10 bits per heavy atom. The molecule has 4 heteroatoms. The smallest absolute Gasteiger partial charge is 0.164 e. The van der Waals surface area contributed by atoms with Crippen LogP contribution in [-0.2, 0) is 0 Å². The summed E-state index contributed by atoms with van der Waals surface area (Å²) in [6.07, 6.45) is 0. The monoisotopic (exact) mass is 536 g/mol. The average Bonchev–Trinajstić information content (AvgIpc) is 3.57. The molecule has 0 N–H and O–H groups in total. The summed E-state index contributed by atoms with van der Waals surface area (Å²) in [6.45, 7) is 0. The van der Waals surface area contributed by atoms with Crippen molar-refractivity contribution in [1.82, 2.24) is 15.0 Å². The molecule has 0 unspecified atom stereocenters. The lowest BCUT2D eigenvalue weighted by Crippen LogP contribution is -2.00. The van der Waals surface area contributed by atoms with Crippen molar-refractivity contribution in [3.63, 3.8) is 0 Å². The first-order valence-corrected chi connectivity index (χ1v) is 12.7. The maximum Gasteiger partial charge on any atom is 0.164 e. The zero-order valence-electron chi connectivity index (χ0n) is 32.2. The van der Waals surface area contributed by atoms with E-state index in [-0.39, 0.29) is 68.2 Å². The molecule has 0 radical (unpaired) electrons. The van der Waals surface area contributed by atoms with Gasteiger partial charge in [-0.1, -0.05) is 115 Å². The maximum absolute atomic E-state index is 9.13. The van der Waals surface area contributed by atoms with Gasteiger partial charge in [0, 0.05) is 27.5 Å². The van der Waals surface area contributed by atoms with Crippen molar-refractivity contribution in [2.24, 2.45) is 0 Å². The summed E-state index contributed by atoms with van der Waals surface area (Å²) in [4.78, 5) is 13.6. The minimum atomic E-state index is -0.554. The van der Waals surface area contributed by atoms with Gasteiger partial charge in [-0.15, -0.1) is 0 Å². The molecule has 6 aromatic carbocycles. The second kappa shape index (κ2) is 9.54. The predicted molar refractivity (Wildman–Crippen MR) is 166 cm³/mol. The molecule has 0 saturated heterocycles. The van der Waals surface area contributed by atoms with Crippen LogP contribution in [0.2, 0.25) is 0 Å². The van der Waals surface area contributed by atoms with Crippen LogP contribution in [0.5, 0.6) is 0 Å². The molecule has 0 atom stereocenters. The van der Waals surface area contributed by atoms with Gasteiger partial charge in [0.1, 0.15) is 11.2 Å². The van der Waals surface area contributed by atoms with Crippen molar-refractivity contribution < 1.29 is 19.5 Å². The van der Waals surface area contributed by atoms with E-state index in [1.165, 1.54) is 0 Å². The molecule has 0 bridgehead atoms. The molecule has 2 aromatic heterocycles. The van der Waals surface area contributed by atoms with E-state index in [0.717, 1.165) is 10.8 Å². The van der Waals surface area contributed by atoms with E-state index >= 15 is 0 Å². The van der Waals surface area contributed by atoms with Crippen LogP contribution >= 0.6 is 0 Å². The summed E-state index contributed by atoms with van der Waals surface area (Å²) in [6, 6.07) is 16.6. The van der Waals surface area contributed by atoms with Gasteiger partial charge in [0.25, 0.3) is 0 Å². The van der Waals surface area contributed by atoms with Crippen molar-refractivity contribution >= 4 is 32.7 Å². The SMILES string of the molecule is [2H]c1c([2H])c(-c2nc(-c3ccccc3)nc(-c3c([2H])c([2H])c4c(oc5c([2H])c([2H])c([2H])c([2H])c54)c3[2H])n2)c([2H])c([2H])c1-c1ccc2ccccc2c1. The predicted octanol–water partition coefficient (Wildman–Crippen LogP) is 9.59. The van der Waals surface area contributed by atoms with Gasteiger partial charge in [-0.2, -0.15) is 0 Å². The van der Waals surface area contributed by atoms with Gasteiger partial charge in [0.2, 0.25) is 0 Å². The number of furan rings is 1. The molecule has 0 aliphatic carbocycles. The molecule has 0 amide bonds. The summed E-state index contributed by atoms with van der Waals surface area (Å²) >= 11 is 0. The quantitative estimate of drug-likeness (QED) is 0.225. The Hall–Kier alpha value is -5.61. The number of nitrogens with zero attached hydrogens (tertiary/aromatic N) is 3. The third-order valence-electron chi connectivity index (χ3n) is 6.66. The second-order valence-corrected chi connectivity index (χ2v) is 9.24. The first-order chi connectivity index (χ1) is 24.9. The minimum Gasteiger partial charge on any atom is -0.456 e.